The highest BCUT2D eigenvalue weighted by Crippen LogP contribution is 2.51. The summed E-state index contributed by atoms with van der Waals surface area (Å²) in [5.74, 6) is -0.491. The third kappa shape index (κ3) is 4.75. The molecule has 5 heterocycles. The first-order valence-electron chi connectivity index (χ1n) is 14.5. The Hall–Kier alpha value is -2.89. The minimum atomic E-state index is -2.59. The van der Waals surface area contributed by atoms with Crippen LogP contribution in [0, 0.1) is 12.8 Å². The van der Waals surface area contributed by atoms with E-state index in [1.807, 2.05) is 35.6 Å². The Bertz CT molecular complexity index is 1560. The molecule has 2 saturated heterocycles. The summed E-state index contributed by atoms with van der Waals surface area (Å²) in [6, 6.07) is 7.73. The molecule has 1 aliphatic carbocycles. The summed E-state index contributed by atoms with van der Waals surface area (Å²) in [6.45, 7) is 9.25. The van der Waals surface area contributed by atoms with Crippen LogP contribution >= 0.6 is 11.6 Å². The van der Waals surface area contributed by atoms with E-state index in [0.29, 0.717) is 30.4 Å². The fourth-order valence-electron chi connectivity index (χ4n) is 7.12. The number of aryl methyl sites for hydroxylation is 1. The SMILES string of the molecule is Cc1nc2c(N3C[C@@H](C)N(C(c4ccc(Cl)cc4)C4CC(F)(F)C4)C[C@@H]3C)nc3nncn3c2n1CC1CCCO1. The topological polar surface area (TPSA) is 76.6 Å². The lowest BCUT2D eigenvalue weighted by Gasteiger charge is -2.52. The highest BCUT2D eigenvalue weighted by atomic mass is 35.5. The molecule has 3 aliphatic rings. The van der Waals surface area contributed by atoms with Gasteiger partial charge in [-0.3, -0.25) is 4.90 Å². The monoisotopic (exact) mass is 584 g/mol. The van der Waals surface area contributed by atoms with Gasteiger partial charge in [0, 0.05) is 55.7 Å². The molecule has 9 nitrogen and oxygen atoms in total. The number of hydrogen-bond donors (Lipinski definition) is 0. The van der Waals surface area contributed by atoms with Crippen LogP contribution in [-0.4, -0.2) is 77.8 Å². The highest BCUT2D eigenvalue weighted by molar-refractivity contribution is 6.30. The maximum Gasteiger partial charge on any atom is 0.258 e. The summed E-state index contributed by atoms with van der Waals surface area (Å²) in [4.78, 5) is 14.7. The molecule has 41 heavy (non-hydrogen) atoms. The zero-order chi connectivity index (χ0) is 28.5. The molecular formula is C29H35ClF2N8O. The highest BCUT2D eigenvalue weighted by Gasteiger charge is 2.51. The van der Waals surface area contributed by atoms with Crippen molar-refractivity contribution in [1.29, 1.82) is 0 Å². The van der Waals surface area contributed by atoms with Gasteiger partial charge in [0.15, 0.2) is 11.5 Å². The average Bonchev–Trinajstić information content (AvgIpc) is 3.67. The standard InChI is InChI=1S/C29H35ClF2N8O/c1-17-14-38(18(2)13-37(17)25(21-11-29(31,32)12-21)20-6-8-22(30)9-7-20)26-24-27(40-16-33-36-28(40)35-26)39(19(3)34-24)15-23-5-4-10-41-23/h6-9,16-18,21,23,25H,4-5,10-15H2,1-3H3/t17-,18+,23?,25?/m1/s1. The Labute approximate surface area is 242 Å². The Morgan fingerprint density at radius 1 is 1.10 bits per heavy atom. The van der Waals surface area contributed by atoms with E-state index in [4.69, 9.17) is 26.3 Å². The van der Waals surface area contributed by atoms with Gasteiger partial charge in [0.2, 0.25) is 5.92 Å². The second-order valence-corrected chi connectivity index (χ2v) is 12.5. The van der Waals surface area contributed by atoms with Crippen molar-refractivity contribution in [1.82, 2.24) is 34.0 Å². The van der Waals surface area contributed by atoms with E-state index in [2.05, 4.69) is 38.4 Å². The van der Waals surface area contributed by atoms with Crippen LogP contribution < -0.4 is 4.90 Å². The van der Waals surface area contributed by atoms with E-state index in [0.717, 1.165) is 47.8 Å². The van der Waals surface area contributed by atoms with Gasteiger partial charge in [0.25, 0.3) is 5.78 Å². The van der Waals surface area contributed by atoms with Gasteiger partial charge in [-0.05, 0) is 57.2 Å². The molecule has 2 unspecified atom stereocenters. The van der Waals surface area contributed by atoms with E-state index in [1.165, 1.54) is 0 Å². The van der Waals surface area contributed by atoms with Gasteiger partial charge in [-0.2, -0.15) is 4.98 Å². The zero-order valence-corrected chi connectivity index (χ0v) is 24.3. The number of ether oxygens (including phenoxy) is 1. The number of imidazole rings is 1. The van der Waals surface area contributed by atoms with Crippen molar-refractivity contribution in [3.63, 3.8) is 0 Å². The predicted molar refractivity (Wildman–Crippen MR) is 153 cm³/mol. The molecule has 2 aliphatic heterocycles. The van der Waals surface area contributed by atoms with Crippen LogP contribution in [0.25, 0.3) is 16.9 Å². The molecule has 1 aromatic carbocycles. The molecule has 4 aromatic rings. The Morgan fingerprint density at radius 2 is 1.88 bits per heavy atom. The fourth-order valence-corrected chi connectivity index (χ4v) is 7.25. The van der Waals surface area contributed by atoms with Crippen LogP contribution in [0.2, 0.25) is 5.02 Å². The lowest BCUT2D eigenvalue weighted by molar-refractivity contribution is -0.137. The van der Waals surface area contributed by atoms with E-state index in [9.17, 15) is 8.78 Å². The smallest absolute Gasteiger partial charge is 0.258 e. The predicted octanol–water partition coefficient (Wildman–Crippen LogP) is 5.30. The number of aromatic nitrogens is 6. The minimum Gasteiger partial charge on any atom is -0.376 e. The van der Waals surface area contributed by atoms with Gasteiger partial charge >= 0.3 is 0 Å². The summed E-state index contributed by atoms with van der Waals surface area (Å²) >= 11 is 6.18. The molecule has 1 saturated carbocycles. The van der Waals surface area contributed by atoms with Crippen molar-refractivity contribution < 1.29 is 13.5 Å². The maximum absolute atomic E-state index is 14.1. The molecule has 3 aromatic heterocycles. The molecule has 3 fully saturated rings. The van der Waals surface area contributed by atoms with Crippen LogP contribution in [0.1, 0.15) is 57.0 Å². The third-order valence-electron chi connectivity index (χ3n) is 9.16. The second-order valence-electron chi connectivity index (χ2n) is 12.1. The van der Waals surface area contributed by atoms with Gasteiger partial charge in [0.05, 0.1) is 12.6 Å². The number of fused-ring (bicyclic) bond motifs is 3. The number of alkyl halides is 2. The van der Waals surface area contributed by atoms with Crippen LogP contribution in [0.3, 0.4) is 0 Å². The van der Waals surface area contributed by atoms with E-state index < -0.39 is 5.92 Å². The van der Waals surface area contributed by atoms with E-state index in [1.54, 1.807) is 6.33 Å². The van der Waals surface area contributed by atoms with Crippen LogP contribution in [0.5, 0.6) is 0 Å². The van der Waals surface area contributed by atoms with Crippen molar-refractivity contribution in [2.45, 2.75) is 83.2 Å². The molecule has 12 heteroatoms. The first-order valence-corrected chi connectivity index (χ1v) is 14.9. The first-order chi connectivity index (χ1) is 19.7. The van der Waals surface area contributed by atoms with Gasteiger partial charge in [-0.15, -0.1) is 10.2 Å². The number of halogens is 3. The average molecular weight is 585 g/mol. The summed E-state index contributed by atoms with van der Waals surface area (Å²) in [5, 5.41) is 9.11. The fraction of sp³-hybridized carbons (Fsp3) is 0.586. The molecule has 0 radical (unpaired) electrons. The molecule has 4 atom stereocenters. The first kappa shape index (κ1) is 27.0. The Kier molecular flexibility index (Phi) is 6.67. The number of rotatable bonds is 6. The summed E-state index contributed by atoms with van der Waals surface area (Å²) in [6.07, 6.45) is 3.77. The number of piperazine rings is 1. The Balaban J connectivity index is 1.23. The number of anilines is 1. The number of nitrogens with zero attached hydrogens (tertiary/aromatic N) is 8. The summed E-state index contributed by atoms with van der Waals surface area (Å²) < 4.78 is 38.2. The number of benzene rings is 1. The summed E-state index contributed by atoms with van der Waals surface area (Å²) in [7, 11) is 0. The molecule has 0 spiro atoms. The zero-order valence-electron chi connectivity index (χ0n) is 23.6. The minimum absolute atomic E-state index is 0.0614. The normalized spacial score (nSPS) is 26.2. The van der Waals surface area contributed by atoms with Crippen molar-refractivity contribution in [2.24, 2.45) is 5.92 Å². The third-order valence-corrected chi connectivity index (χ3v) is 9.41. The van der Waals surface area contributed by atoms with E-state index in [-0.39, 0.29) is 43.0 Å². The molecule has 0 amide bonds. The molecule has 7 rings (SSSR count). The molecule has 0 N–H and O–H groups in total. The summed E-state index contributed by atoms with van der Waals surface area (Å²) in [5.41, 5.74) is 2.77. The second kappa shape index (κ2) is 10.1. The molecule has 0 bridgehead atoms. The maximum atomic E-state index is 14.1. The van der Waals surface area contributed by atoms with Gasteiger partial charge in [-0.25, -0.2) is 18.2 Å². The van der Waals surface area contributed by atoms with Gasteiger partial charge in [-0.1, -0.05) is 23.7 Å². The van der Waals surface area contributed by atoms with Crippen molar-refractivity contribution in [3.05, 3.63) is 47.0 Å². The van der Waals surface area contributed by atoms with Gasteiger partial charge < -0.3 is 14.2 Å². The Morgan fingerprint density at radius 3 is 2.59 bits per heavy atom. The van der Waals surface area contributed by atoms with Crippen molar-refractivity contribution >= 4 is 34.4 Å². The number of hydrogen-bond acceptors (Lipinski definition) is 7. The lowest BCUT2D eigenvalue weighted by atomic mass is 9.73. The molecule has 218 valence electrons. The van der Waals surface area contributed by atoms with E-state index >= 15 is 0 Å². The van der Waals surface area contributed by atoms with Crippen LogP contribution in [0.4, 0.5) is 14.6 Å². The van der Waals surface area contributed by atoms with Crippen LogP contribution in [0.15, 0.2) is 30.6 Å². The van der Waals surface area contributed by atoms with Crippen molar-refractivity contribution in [2.75, 3.05) is 24.6 Å². The van der Waals surface area contributed by atoms with Gasteiger partial charge in [0.1, 0.15) is 17.7 Å². The van der Waals surface area contributed by atoms with Crippen molar-refractivity contribution in [3.8, 4) is 0 Å². The lowest BCUT2D eigenvalue weighted by Crippen LogP contribution is -2.59. The van der Waals surface area contributed by atoms with Crippen LogP contribution in [-0.2, 0) is 11.3 Å². The largest absolute Gasteiger partial charge is 0.376 e. The quantitative estimate of drug-likeness (QED) is 0.304. The molecular weight excluding hydrogens is 550 g/mol.